The predicted octanol–water partition coefficient (Wildman–Crippen LogP) is 18.1. The van der Waals surface area contributed by atoms with Crippen LogP contribution in [-0.4, -0.2) is 0 Å². The fraction of sp³-hybridized carbons (Fsp3) is 0.104. The van der Waals surface area contributed by atoms with Crippen LogP contribution in [0.2, 0.25) is 0 Å². The second-order valence-electron chi connectivity index (χ2n) is 20.7. The van der Waals surface area contributed by atoms with Crippen molar-refractivity contribution in [3.8, 4) is 55.6 Å². The Labute approximate surface area is 407 Å². The van der Waals surface area contributed by atoms with E-state index in [2.05, 4.69) is 245 Å². The zero-order chi connectivity index (χ0) is 46.0. The minimum absolute atomic E-state index is 0.184. The normalized spacial score (nSPS) is 15.3. The highest BCUT2D eigenvalue weighted by Gasteiger charge is 2.53. The Kier molecular flexibility index (Phi) is 7.78. The molecular formula is C67H47NS. The summed E-state index contributed by atoms with van der Waals surface area (Å²) in [6.45, 7) is 9.63. The van der Waals surface area contributed by atoms with Gasteiger partial charge < -0.3 is 4.90 Å². The van der Waals surface area contributed by atoms with Gasteiger partial charge in [0.15, 0.2) is 0 Å². The third-order valence-electron chi connectivity index (χ3n) is 16.7. The average Bonchev–Trinajstić information content (AvgIpc) is 4.13. The van der Waals surface area contributed by atoms with Crippen LogP contribution in [0.25, 0.3) is 75.8 Å². The number of nitrogens with zero attached hydrogens (tertiary/aromatic N) is 1. The summed E-state index contributed by atoms with van der Waals surface area (Å²) in [4.78, 5) is 2.68. The Hall–Kier alpha value is -7.78. The number of fused-ring (bicyclic) bond motifs is 19. The van der Waals surface area contributed by atoms with Crippen molar-refractivity contribution in [2.24, 2.45) is 0 Å². The summed E-state index contributed by atoms with van der Waals surface area (Å²) < 4.78 is 2.60. The van der Waals surface area contributed by atoms with E-state index in [-0.39, 0.29) is 10.8 Å². The van der Waals surface area contributed by atoms with Crippen molar-refractivity contribution in [1.82, 2.24) is 0 Å². The standard InChI is InChI=1S/C67H47NS/c1-65(2)52-25-13-8-20-44(52)48-33-31-42(37-57(48)65)68(43-32-34-49-45-21-9-14-26-53(45)66(3,4)58(49)38-43)64-62-51-36-41(40-18-6-5-7-19-40)30-35-56(51)67(54-27-15-10-22-46(54)47-23-11-16-28-55(47)67)59(62)39-61-63(64)50-24-12-17-29-60(50)69-61/h5-39H,1-4H3. The summed E-state index contributed by atoms with van der Waals surface area (Å²) >= 11 is 1.93. The molecule has 69 heavy (non-hydrogen) atoms. The van der Waals surface area contributed by atoms with Gasteiger partial charge in [0.1, 0.15) is 0 Å². The van der Waals surface area contributed by atoms with E-state index in [4.69, 9.17) is 0 Å². The first-order chi connectivity index (χ1) is 33.7. The quantitative estimate of drug-likeness (QED) is 0.170. The van der Waals surface area contributed by atoms with E-state index < -0.39 is 5.41 Å². The van der Waals surface area contributed by atoms with Gasteiger partial charge in [-0.15, -0.1) is 11.3 Å². The van der Waals surface area contributed by atoms with Gasteiger partial charge in [-0.05, 0) is 137 Å². The summed E-state index contributed by atoms with van der Waals surface area (Å²) in [5, 5.41) is 2.59. The molecule has 0 saturated carbocycles. The number of rotatable bonds is 4. The minimum Gasteiger partial charge on any atom is -0.309 e. The first kappa shape index (κ1) is 39.2. The summed E-state index contributed by atoms with van der Waals surface area (Å²) in [5.41, 5.74) is 26.5. The molecule has 4 aliphatic rings. The third-order valence-corrected chi connectivity index (χ3v) is 17.8. The highest BCUT2D eigenvalue weighted by Crippen LogP contribution is 2.67. The Balaban J connectivity index is 1.12. The molecule has 1 nitrogen and oxygen atoms in total. The molecule has 0 saturated heterocycles. The maximum Gasteiger partial charge on any atom is 0.0726 e. The lowest BCUT2D eigenvalue weighted by molar-refractivity contribution is 0.660. The summed E-state index contributed by atoms with van der Waals surface area (Å²) in [5.74, 6) is 0. The van der Waals surface area contributed by atoms with E-state index in [0.29, 0.717) is 0 Å². The maximum atomic E-state index is 2.68. The third kappa shape index (κ3) is 4.99. The number of thiophene rings is 1. The van der Waals surface area contributed by atoms with Crippen LogP contribution in [0.5, 0.6) is 0 Å². The molecule has 2 heteroatoms. The summed E-state index contributed by atoms with van der Waals surface area (Å²) in [6, 6.07) is 81.3. The molecule has 0 fully saturated rings. The lowest BCUT2D eigenvalue weighted by Gasteiger charge is -2.33. The molecule has 0 radical (unpaired) electrons. The molecule has 15 rings (SSSR count). The fourth-order valence-corrected chi connectivity index (χ4v) is 14.7. The second-order valence-corrected chi connectivity index (χ2v) is 21.8. The Morgan fingerprint density at radius 3 is 1.41 bits per heavy atom. The van der Waals surface area contributed by atoms with E-state index in [1.807, 2.05) is 11.3 Å². The van der Waals surface area contributed by atoms with Crippen LogP contribution in [-0.2, 0) is 16.2 Å². The van der Waals surface area contributed by atoms with E-state index in [0.717, 1.165) is 0 Å². The van der Waals surface area contributed by atoms with Crippen LogP contribution >= 0.6 is 11.3 Å². The van der Waals surface area contributed by atoms with Crippen LogP contribution in [0.3, 0.4) is 0 Å². The summed E-state index contributed by atoms with van der Waals surface area (Å²) in [6.07, 6.45) is 0. The van der Waals surface area contributed by atoms with Crippen molar-refractivity contribution in [3.05, 3.63) is 257 Å². The maximum absolute atomic E-state index is 2.68. The molecule has 0 aliphatic heterocycles. The van der Waals surface area contributed by atoms with E-state index in [1.165, 1.54) is 137 Å². The van der Waals surface area contributed by atoms with Gasteiger partial charge in [-0.25, -0.2) is 0 Å². The van der Waals surface area contributed by atoms with Crippen LogP contribution in [0.1, 0.15) is 72.2 Å². The van der Waals surface area contributed by atoms with Crippen molar-refractivity contribution in [2.75, 3.05) is 4.90 Å². The van der Waals surface area contributed by atoms with Crippen LogP contribution < -0.4 is 4.90 Å². The van der Waals surface area contributed by atoms with Gasteiger partial charge in [-0.1, -0.05) is 198 Å². The highest BCUT2D eigenvalue weighted by atomic mass is 32.1. The molecule has 326 valence electrons. The zero-order valence-electron chi connectivity index (χ0n) is 39.1. The van der Waals surface area contributed by atoms with Gasteiger partial charge in [0.25, 0.3) is 0 Å². The van der Waals surface area contributed by atoms with Gasteiger partial charge in [0.05, 0.1) is 11.1 Å². The van der Waals surface area contributed by atoms with E-state index in [1.54, 1.807) is 0 Å². The van der Waals surface area contributed by atoms with Crippen molar-refractivity contribution in [1.29, 1.82) is 0 Å². The number of hydrogen-bond donors (Lipinski definition) is 0. The minimum atomic E-state index is -0.541. The SMILES string of the molecule is CC1(C)c2ccccc2-c2ccc(N(c3ccc4c(c3)C(C)(C)c3ccccc3-4)c3c4c(cc5sc6ccccc6c35)C3(c5ccccc5-c5ccccc53)c3ccc(-c5ccccc5)cc3-4)cc21. The van der Waals surface area contributed by atoms with Crippen LogP contribution in [0.4, 0.5) is 17.1 Å². The van der Waals surface area contributed by atoms with Crippen molar-refractivity contribution in [3.63, 3.8) is 0 Å². The van der Waals surface area contributed by atoms with Crippen molar-refractivity contribution >= 4 is 48.6 Å². The van der Waals surface area contributed by atoms with Gasteiger partial charge in [0.2, 0.25) is 0 Å². The molecule has 0 atom stereocenters. The lowest BCUT2D eigenvalue weighted by atomic mass is 9.70. The second kappa shape index (κ2) is 13.7. The monoisotopic (exact) mass is 897 g/mol. The average molecular weight is 898 g/mol. The molecule has 10 aromatic carbocycles. The van der Waals surface area contributed by atoms with Crippen LogP contribution in [0, 0.1) is 0 Å². The fourth-order valence-electron chi connectivity index (χ4n) is 13.6. The molecule has 1 heterocycles. The van der Waals surface area contributed by atoms with E-state index >= 15 is 0 Å². The number of anilines is 3. The predicted molar refractivity (Wildman–Crippen MR) is 291 cm³/mol. The van der Waals surface area contributed by atoms with Gasteiger partial charge in [0, 0.05) is 47.9 Å². The van der Waals surface area contributed by atoms with Gasteiger partial charge in [-0.2, -0.15) is 0 Å². The highest BCUT2D eigenvalue weighted by molar-refractivity contribution is 7.26. The first-order valence-corrected chi connectivity index (χ1v) is 25.2. The molecule has 0 bridgehead atoms. The Morgan fingerprint density at radius 2 is 0.812 bits per heavy atom. The molecule has 11 aromatic rings. The lowest BCUT2D eigenvalue weighted by Crippen LogP contribution is -2.26. The smallest absolute Gasteiger partial charge is 0.0726 e. The molecule has 0 amide bonds. The molecular weight excluding hydrogens is 851 g/mol. The molecule has 0 N–H and O–H groups in total. The molecule has 0 unspecified atom stereocenters. The van der Waals surface area contributed by atoms with Crippen LogP contribution in [0.15, 0.2) is 212 Å². The summed E-state index contributed by atoms with van der Waals surface area (Å²) in [7, 11) is 0. The van der Waals surface area contributed by atoms with Crippen molar-refractivity contribution in [2.45, 2.75) is 43.9 Å². The number of benzene rings is 10. The topological polar surface area (TPSA) is 3.24 Å². The molecule has 1 aromatic heterocycles. The zero-order valence-corrected chi connectivity index (χ0v) is 39.9. The van der Waals surface area contributed by atoms with Gasteiger partial charge in [-0.3, -0.25) is 0 Å². The molecule has 1 spiro atoms. The van der Waals surface area contributed by atoms with Gasteiger partial charge >= 0.3 is 0 Å². The van der Waals surface area contributed by atoms with E-state index in [9.17, 15) is 0 Å². The Morgan fingerprint density at radius 1 is 0.333 bits per heavy atom. The first-order valence-electron chi connectivity index (χ1n) is 24.4. The molecule has 4 aliphatic carbocycles. The Bertz CT molecular complexity index is 3880. The largest absolute Gasteiger partial charge is 0.309 e. The van der Waals surface area contributed by atoms with Crippen molar-refractivity contribution < 1.29 is 0 Å². The number of hydrogen-bond acceptors (Lipinski definition) is 2.